The van der Waals surface area contributed by atoms with Crippen LogP contribution in [0.5, 0.6) is 5.75 Å². The molecule has 1 aromatic heterocycles. The lowest BCUT2D eigenvalue weighted by Crippen LogP contribution is -2.40. The number of nitrogens with one attached hydrogen (secondary N) is 2. The van der Waals surface area contributed by atoms with E-state index in [1.54, 1.807) is 19.5 Å². The van der Waals surface area contributed by atoms with Gasteiger partial charge in [-0.25, -0.2) is 4.79 Å². The minimum absolute atomic E-state index is 0.0386. The van der Waals surface area contributed by atoms with Gasteiger partial charge in [0.05, 0.1) is 32.1 Å². The fourth-order valence-corrected chi connectivity index (χ4v) is 3.26. The highest BCUT2D eigenvalue weighted by atomic mass is 16.5. The van der Waals surface area contributed by atoms with Gasteiger partial charge in [-0.2, -0.15) is 0 Å². The molecule has 2 amide bonds. The van der Waals surface area contributed by atoms with E-state index in [9.17, 15) is 4.79 Å². The Morgan fingerprint density at radius 1 is 1.35 bits per heavy atom. The second-order valence-electron chi connectivity index (χ2n) is 6.49. The Morgan fingerprint density at radius 2 is 2.15 bits per heavy atom. The molecule has 3 atom stereocenters. The number of benzene rings is 1. The monoisotopic (exact) mass is 355 g/mol. The first-order chi connectivity index (χ1) is 12.7. The normalized spacial score (nSPS) is 20.4. The summed E-state index contributed by atoms with van der Waals surface area (Å²) >= 11 is 0. The average molecular weight is 355 g/mol. The second-order valence-corrected chi connectivity index (χ2v) is 6.49. The zero-order valence-corrected chi connectivity index (χ0v) is 15.1. The maximum absolute atomic E-state index is 12.2. The van der Waals surface area contributed by atoms with Crippen LogP contribution in [0.15, 0.2) is 48.8 Å². The van der Waals surface area contributed by atoms with Crippen LogP contribution in [0.4, 0.5) is 4.79 Å². The number of methoxy groups -OCH3 is 1. The highest BCUT2D eigenvalue weighted by molar-refractivity contribution is 5.74. The fourth-order valence-electron chi connectivity index (χ4n) is 3.26. The van der Waals surface area contributed by atoms with Crippen molar-refractivity contribution < 1.29 is 14.3 Å². The first kappa shape index (κ1) is 18.2. The molecule has 3 rings (SSSR count). The number of urea groups is 1. The van der Waals surface area contributed by atoms with Crippen molar-refractivity contribution in [3.63, 3.8) is 0 Å². The van der Waals surface area contributed by atoms with Crippen LogP contribution in [0.2, 0.25) is 0 Å². The number of aromatic nitrogens is 1. The topological polar surface area (TPSA) is 72.5 Å². The summed E-state index contributed by atoms with van der Waals surface area (Å²) in [5, 5.41) is 5.83. The van der Waals surface area contributed by atoms with Gasteiger partial charge in [0, 0.05) is 24.2 Å². The van der Waals surface area contributed by atoms with E-state index in [-0.39, 0.29) is 18.2 Å². The van der Waals surface area contributed by atoms with Crippen molar-refractivity contribution in [1.29, 1.82) is 0 Å². The molecule has 0 aliphatic carbocycles. The van der Waals surface area contributed by atoms with E-state index in [2.05, 4.69) is 27.8 Å². The van der Waals surface area contributed by atoms with Gasteiger partial charge in [-0.15, -0.1) is 0 Å². The summed E-state index contributed by atoms with van der Waals surface area (Å²) in [6.45, 7) is 3.10. The Labute approximate surface area is 153 Å². The van der Waals surface area contributed by atoms with E-state index < -0.39 is 0 Å². The molecule has 1 fully saturated rings. The number of amides is 2. The third kappa shape index (κ3) is 4.52. The Morgan fingerprint density at radius 3 is 2.92 bits per heavy atom. The number of carbonyl (C=O) groups excluding carboxylic acids is 1. The lowest BCUT2D eigenvalue weighted by atomic mass is 9.96. The Kier molecular flexibility index (Phi) is 6.07. The molecule has 2 N–H and O–H groups in total. The highest BCUT2D eigenvalue weighted by Crippen LogP contribution is 2.29. The van der Waals surface area contributed by atoms with Crippen molar-refractivity contribution in [3.05, 3.63) is 59.9 Å². The highest BCUT2D eigenvalue weighted by Gasteiger charge is 2.27. The summed E-state index contributed by atoms with van der Waals surface area (Å²) in [5.74, 6) is 1.05. The molecular weight excluding hydrogens is 330 g/mol. The van der Waals surface area contributed by atoms with Gasteiger partial charge in [0.2, 0.25) is 0 Å². The van der Waals surface area contributed by atoms with Crippen LogP contribution >= 0.6 is 0 Å². The van der Waals surface area contributed by atoms with E-state index in [4.69, 9.17) is 9.47 Å². The van der Waals surface area contributed by atoms with Crippen LogP contribution in [-0.4, -0.2) is 37.4 Å². The predicted octanol–water partition coefficient (Wildman–Crippen LogP) is 3.02. The molecule has 2 heterocycles. The largest absolute Gasteiger partial charge is 0.495 e. The number of rotatable bonds is 6. The summed E-state index contributed by atoms with van der Waals surface area (Å²) in [4.78, 5) is 16.2. The maximum atomic E-state index is 12.2. The van der Waals surface area contributed by atoms with Crippen molar-refractivity contribution in [2.45, 2.75) is 31.4 Å². The van der Waals surface area contributed by atoms with Crippen molar-refractivity contribution in [3.8, 4) is 5.75 Å². The molecule has 1 aromatic carbocycles. The van der Waals surface area contributed by atoms with Crippen LogP contribution in [0.25, 0.3) is 0 Å². The molecule has 0 radical (unpaired) electrons. The number of hydrogen-bond donors (Lipinski definition) is 2. The van der Waals surface area contributed by atoms with Gasteiger partial charge in [-0.3, -0.25) is 4.98 Å². The fraction of sp³-hybridized carbons (Fsp3) is 0.400. The van der Waals surface area contributed by atoms with Gasteiger partial charge in [-0.1, -0.05) is 30.3 Å². The predicted molar refractivity (Wildman–Crippen MR) is 99.3 cm³/mol. The number of hydrogen-bond acceptors (Lipinski definition) is 4. The quantitative estimate of drug-likeness (QED) is 0.835. The smallest absolute Gasteiger partial charge is 0.315 e. The Bertz CT molecular complexity index is 723. The molecule has 6 heteroatoms. The molecule has 0 saturated carbocycles. The zero-order chi connectivity index (χ0) is 18.4. The van der Waals surface area contributed by atoms with Gasteiger partial charge < -0.3 is 20.1 Å². The molecule has 1 aliphatic rings. The minimum atomic E-state index is -0.219. The van der Waals surface area contributed by atoms with Crippen molar-refractivity contribution >= 4 is 6.03 Å². The van der Waals surface area contributed by atoms with E-state index in [0.29, 0.717) is 24.8 Å². The lowest BCUT2D eigenvalue weighted by molar-refractivity contribution is 0.109. The molecule has 0 spiro atoms. The molecule has 2 aromatic rings. The van der Waals surface area contributed by atoms with Gasteiger partial charge in [-0.05, 0) is 25.0 Å². The summed E-state index contributed by atoms with van der Waals surface area (Å²) in [5.41, 5.74) is 2.18. The summed E-state index contributed by atoms with van der Waals surface area (Å²) in [7, 11) is 1.59. The standard InChI is InChI=1S/C20H25N3O3/c1-14(18-8-9-21-12-19(18)25-2)23-20(24)22-11-17-10-16(13-26-17)15-6-4-3-5-7-15/h3-9,12,14,16-17H,10-11,13H2,1-2H3,(H2,22,23,24)/t14?,16-,17-/m0/s1. The van der Waals surface area contributed by atoms with Crippen LogP contribution in [0.1, 0.15) is 36.4 Å². The first-order valence-corrected chi connectivity index (χ1v) is 8.86. The second kappa shape index (κ2) is 8.67. The van der Waals surface area contributed by atoms with E-state index in [1.807, 2.05) is 31.2 Å². The van der Waals surface area contributed by atoms with Gasteiger partial charge in [0.25, 0.3) is 0 Å². The molecular formula is C20H25N3O3. The van der Waals surface area contributed by atoms with Gasteiger partial charge >= 0.3 is 6.03 Å². The zero-order valence-electron chi connectivity index (χ0n) is 15.1. The maximum Gasteiger partial charge on any atom is 0.315 e. The summed E-state index contributed by atoms with van der Waals surface area (Å²) in [6, 6.07) is 11.8. The van der Waals surface area contributed by atoms with E-state index in [0.717, 1.165) is 12.0 Å². The number of carbonyl (C=O) groups is 1. The van der Waals surface area contributed by atoms with Crippen molar-refractivity contribution in [1.82, 2.24) is 15.6 Å². The van der Waals surface area contributed by atoms with Crippen LogP contribution in [0.3, 0.4) is 0 Å². The summed E-state index contributed by atoms with van der Waals surface area (Å²) < 4.78 is 11.1. The van der Waals surface area contributed by atoms with Crippen LogP contribution in [0, 0.1) is 0 Å². The molecule has 0 bridgehead atoms. The minimum Gasteiger partial charge on any atom is -0.495 e. The van der Waals surface area contributed by atoms with E-state index >= 15 is 0 Å². The lowest BCUT2D eigenvalue weighted by Gasteiger charge is -2.18. The third-order valence-corrected chi connectivity index (χ3v) is 4.69. The number of nitrogens with zero attached hydrogens (tertiary/aromatic N) is 1. The average Bonchev–Trinajstić information content (AvgIpc) is 3.16. The van der Waals surface area contributed by atoms with Crippen molar-refractivity contribution in [2.24, 2.45) is 0 Å². The molecule has 1 saturated heterocycles. The number of ether oxygens (including phenoxy) is 2. The Hall–Kier alpha value is -2.60. The summed E-state index contributed by atoms with van der Waals surface area (Å²) in [6.07, 6.45) is 4.28. The van der Waals surface area contributed by atoms with Crippen molar-refractivity contribution in [2.75, 3.05) is 20.3 Å². The van der Waals surface area contributed by atoms with Gasteiger partial charge in [0.15, 0.2) is 0 Å². The van der Waals surface area contributed by atoms with E-state index in [1.165, 1.54) is 5.56 Å². The first-order valence-electron chi connectivity index (χ1n) is 8.86. The molecule has 26 heavy (non-hydrogen) atoms. The molecule has 1 aliphatic heterocycles. The molecule has 1 unspecified atom stereocenters. The third-order valence-electron chi connectivity index (χ3n) is 4.69. The van der Waals surface area contributed by atoms with Gasteiger partial charge in [0.1, 0.15) is 5.75 Å². The van der Waals surface area contributed by atoms with Crippen LogP contribution in [-0.2, 0) is 4.74 Å². The molecule has 138 valence electrons. The SMILES string of the molecule is COc1cnccc1C(C)NC(=O)NC[C@@H]1C[C@H](c2ccccc2)CO1. The van der Waals surface area contributed by atoms with Crippen LogP contribution < -0.4 is 15.4 Å². The Balaban J connectivity index is 1.46. The molecule has 6 nitrogen and oxygen atoms in total. The number of pyridine rings is 1.